The largest absolute Gasteiger partial charge is 0.573 e. The van der Waals surface area contributed by atoms with E-state index in [1.807, 2.05) is 34.6 Å². The number of aromatic nitrogens is 3. The number of likely N-dealkylation sites (tertiary alicyclic amines) is 1. The first-order valence-corrected chi connectivity index (χ1v) is 16.0. The number of carbonyl (C=O) groups excluding carboxylic acids is 2. The van der Waals surface area contributed by atoms with Gasteiger partial charge in [0.15, 0.2) is 5.65 Å². The van der Waals surface area contributed by atoms with Crippen molar-refractivity contribution in [1.29, 1.82) is 0 Å². The van der Waals surface area contributed by atoms with Crippen LogP contribution in [0, 0.1) is 0 Å². The van der Waals surface area contributed by atoms with Gasteiger partial charge in [-0.25, -0.2) is 19.1 Å². The van der Waals surface area contributed by atoms with E-state index in [0.29, 0.717) is 42.3 Å². The van der Waals surface area contributed by atoms with Crippen molar-refractivity contribution < 1.29 is 37.0 Å². The smallest absolute Gasteiger partial charge is 0.444 e. The minimum Gasteiger partial charge on any atom is -0.444 e. The number of halogens is 3. The lowest BCUT2D eigenvalue weighted by molar-refractivity contribution is -0.274. The van der Waals surface area contributed by atoms with Crippen molar-refractivity contribution in [2.75, 3.05) is 18.0 Å². The molecular formula is C32H42F3N5O5S. The standard InChI is InChI=1S/C32H42F3N5O5S/c1-20(2)24-18-36-27-23(17-26(37-40(24)27)46-22-13-15-38(16-14-22)28(41)44-30(3,4)5)39(29(42)45-31(6,7)8)19-21-11-9-10-12-25(21)43-32(33,34)35/h9-12,17-18,20,22H,13-16,19H2,1-8H3. The van der Waals surface area contributed by atoms with Crippen molar-refractivity contribution in [2.24, 2.45) is 0 Å². The molecule has 1 aliphatic heterocycles. The van der Waals surface area contributed by atoms with E-state index in [-0.39, 0.29) is 29.4 Å². The highest BCUT2D eigenvalue weighted by Gasteiger charge is 2.34. The zero-order valence-corrected chi connectivity index (χ0v) is 28.3. The quantitative estimate of drug-likeness (QED) is 0.249. The predicted octanol–water partition coefficient (Wildman–Crippen LogP) is 8.18. The minimum absolute atomic E-state index is 0.0311. The van der Waals surface area contributed by atoms with Crippen LogP contribution in [0.5, 0.6) is 5.75 Å². The van der Waals surface area contributed by atoms with Gasteiger partial charge in [-0.1, -0.05) is 32.0 Å². The van der Waals surface area contributed by atoms with E-state index in [2.05, 4.69) is 9.72 Å². The summed E-state index contributed by atoms with van der Waals surface area (Å²) in [7, 11) is 0. The van der Waals surface area contributed by atoms with Gasteiger partial charge in [-0.15, -0.1) is 24.9 Å². The molecule has 0 radical (unpaired) electrons. The van der Waals surface area contributed by atoms with Crippen LogP contribution >= 0.6 is 11.8 Å². The molecule has 1 fully saturated rings. The third-order valence-electron chi connectivity index (χ3n) is 6.86. The van der Waals surface area contributed by atoms with Crippen molar-refractivity contribution in [1.82, 2.24) is 19.5 Å². The number of imidazole rings is 1. The van der Waals surface area contributed by atoms with Crippen LogP contribution < -0.4 is 9.64 Å². The summed E-state index contributed by atoms with van der Waals surface area (Å²) in [6.07, 6.45) is -2.97. The van der Waals surface area contributed by atoms with E-state index in [0.717, 1.165) is 5.69 Å². The second-order valence-electron chi connectivity index (χ2n) is 13.4. The molecule has 4 rings (SSSR count). The minimum atomic E-state index is -4.92. The maximum atomic E-state index is 13.8. The maximum Gasteiger partial charge on any atom is 0.573 e. The molecule has 0 spiro atoms. The highest BCUT2D eigenvalue weighted by atomic mass is 32.2. The third-order valence-corrected chi connectivity index (χ3v) is 8.10. The predicted molar refractivity (Wildman–Crippen MR) is 169 cm³/mol. The molecule has 0 saturated carbocycles. The number of ether oxygens (including phenoxy) is 3. The Balaban J connectivity index is 1.72. The molecule has 3 heterocycles. The number of nitrogens with zero attached hydrogens (tertiary/aromatic N) is 5. The average molecular weight is 666 g/mol. The molecule has 2 aromatic heterocycles. The van der Waals surface area contributed by atoms with Gasteiger partial charge >= 0.3 is 18.5 Å². The highest BCUT2D eigenvalue weighted by molar-refractivity contribution is 7.99. The highest BCUT2D eigenvalue weighted by Crippen LogP contribution is 2.36. The van der Waals surface area contributed by atoms with Crippen LogP contribution in [0.15, 0.2) is 41.6 Å². The molecule has 3 aromatic rings. The summed E-state index contributed by atoms with van der Waals surface area (Å²) >= 11 is 1.51. The van der Waals surface area contributed by atoms with Crippen molar-refractivity contribution in [3.05, 3.63) is 47.8 Å². The molecule has 252 valence electrons. The van der Waals surface area contributed by atoms with E-state index in [1.165, 1.54) is 34.9 Å². The molecule has 0 bridgehead atoms. The summed E-state index contributed by atoms with van der Waals surface area (Å²) in [6.45, 7) is 15.4. The molecule has 0 atom stereocenters. The van der Waals surface area contributed by atoms with Gasteiger partial charge in [0.2, 0.25) is 0 Å². The normalized spacial score (nSPS) is 14.9. The number of fused-ring (bicyclic) bond motifs is 1. The monoisotopic (exact) mass is 665 g/mol. The fourth-order valence-corrected chi connectivity index (χ4v) is 5.94. The van der Waals surface area contributed by atoms with E-state index in [1.54, 1.807) is 48.5 Å². The van der Waals surface area contributed by atoms with Gasteiger partial charge in [-0.2, -0.15) is 5.10 Å². The molecule has 46 heavy (non-hydrogen) atoms. The lowest BCUT2D eigenvalue weighted by Crippen LogP contribution is -2.42. The molecule has 10 nitrogen and oxygen atoms in total. The SMILES string of the molecule is CC(C)c1cnc2c(N(Cc3ccccc3OC(F)(F)F)C(=O)OC(C)(C)C)cc(SC3CCN(C(=O)OC(C)(C)C)CC3)nn12. The molecule has 1 aromatic carbocycles. The van der Waals surface area contributed by atoms with Crippen LogP contribution in [0.4, 0.5) is 28.4 Å². The Morgan fingerprint density at radius 2 is 1.65 bits per heavy atom. The van der Waals surface area contributed by atoms with E-state index >= 15 is 0 Å². The lowest BCUT2D eigenvalue weighted by atomic mass is 10.1. The molecule has 0 N–H and O–H groups in total. The molecule has 1 aliphatic rings. The van der Waals surface area contributed by atoms with Gasteiger partial charge < -0.3 is 19.1 Å². The average Bonchev–Trinajstić information content (AvgIpc) is 3.34. The summed E-state index contributed by atoms with van der Waals surface area (Å²) < 4.78 is 57.1. The van der Waals surface area contributed by atoms with Crippen molar-refractivity contribution >= 4 is 35.3 Å². The molecular weight excluding hydrogens is 623 g/mol. The summed E-state index contributed by atoms with van der Waals surface area (Å²) in [6, 6.07) is 7.39. The Bertz CT molecular complexity index is 1540. The maximum absolute atomic E-state index is 13.8. The first-order valence-electron chi connectivity index (χ1n) is 15.2. The number of para-hydroxylation sites is 1. The van der Waals surface area contributed by atoms with Crippen molar-refractivity contribution in [3.63, 3.8) is 0 Å². The summed E-state index contributed by atoms with van der Waals surface area (Å²) in [5.41, 5.74) is 0.123. The Labute approximate surface area is 271 Å². The Kier molecular flexibility index (Phi) is 10.4. The number of alkyl halides is 3. The van der Waals surface area contributed by atoms with Crippen LogP contribution in [0.1, 0.15) is 85.4 Å². The molecule has 14 heteroatoms. The lowest BCUT2D eigenvalue weighted by Gasteiger charge is -2.33. The zero-order valence-electron chi connectivity index (χ0n) is 27.5. The Morgan fingerprint density at radius 1 is 1.02 bits per heavy atom. The number of carbonyl (C=O) groups is 2. The van der Waals surface area contributed by atoms with Crippen LogP contribution in [0.25, 0.3) is 5.65 Å². The summed E-state index contributed by atoms with van der Waals surface area (Å²) in [5, 5.41) is 5.56. The summed E-state index contributed by atoms with van der Waals surface area (Å²) in [5.74, 6) is -0.394. The van der Waals surface area contributed by atoms with Gasteiger partial charge in [0, 0.05) is 23.9 Å². The van der Waals surface area contributed by atoms with Crippen LogP contribution in [0.2, 0.25) is 0 Å². The van der Waals surface area contributed by atoms with E-state index in [4.69, 9.17) is 14.6 Å². The number of benzene rings is 1. The fraction of sp³-hybridized carbons (Fsp3) is 0.562. The molecule has 0 unspecified atom stereocenters. The van der Waals surface area contributed by atoms with E-state index in [9.17, 15) is 22.8 Å². The van der Waals surface area contributed by atoms with E-state index < -0.39 is 29.4 Å². The van der Waals surface area contributed by atoms with Crippen molar-refractivity contribution in [2.45, 2.75) is 109 Å². The second-order valence-corrected chi connectivity index (χ2v) is 14.8. The van der Waals surface area contributed by atoms with Gasteiger partial charge in [0.05, 0.1) is 24.1 Å². The summed E-state index contributed by atoms with van der Waals surface area (Å²) in [4.78, 5) is 33.9. The molecule has 1 saturated heterocycles. The van der Waals surface area contributed by atoms with Crippen molar-refractivity contribution in [3.8, 4) is 5.75 Å². The number of hydrogen-bond acceptors (Lipinski definition) is 8. The van der Waals surface area contributed by atoms with Gasteiger partial charge in [0.1, 0.15) is 22.0 Å². The Morgan fingerprint density at radius 3 is 2.24 bits per heavy atom. The molecule has 2 amide bonds. The van der Waals surface area contributed by atoms with Crippen LogP contribution in [-0.2, 0) is 16.0 Å². The number of amides is 2. The first-order chi connectivity index (χ1) is 21.3. The third kappa shape index (κ3) is 9.43. The first kappa shape index (κ1) is 35.2. The zero-order chi connectivity index (χ0) is 34.0. The number of thioether (sulfide) groups is 1. The van der Waals surface area contributed by atoms with Gasteiger partial charge in [0.25, 0.3) is 0 Å². The number of anilines is 1. The van der Waals surface area contributed by atoms with Gasteiger partial charge in [-0.3, -0.25) is 4.90 Å². The fourth-order valence-electron chi connectivity index (χ4n) is 4.85. The number of rotatable bonds is 7. The Hall–Kier alpha value is -3.68. The second kappa shape index (κ2) is 13.6. The number of hydrogen-bond donors (Lipinski definition) is 0. The van der Waals surface area contributed by atoms with Crippen LogP contribution in [0.3, 0.4) is 0 Å². The molecule has 0 aliphatic carbocycles. The topological polar surface area (TPSA) is 98.5 Å². The van der Waals surface area contributed by atoms with Gasteiger partial charge in [-0.05, 0) is 72.4 Å². The van der Waals surface area contributed by atoms with Crippen LogP contribution in [-0.4, -0.2) is 67.6 Å². The number of piperidine rings is 1.